The molecule has 1 aromatic carbocycles. The van der Waals surface area contributed by atoms with E-state index in [2.05, 4.69) is 12.2 Å². The topological polar surface area (TPSA) is 73.3 Å². The van der Waals surface area contributed by atoms with E-state index in [0.717, 1.165) is 37.3 Å². The van der Waals surface area contributed by atoms with Crippen molar-refractivity contribution >= 4 is 0 Å². The molecule has 0 fully saturated rings. The van der Waals surface area contributed by atoms with Gasteiger partial charge in [-0.05, 0) is 12.5 Å². The number of rotatable bonds is 9. The summed E-state index contributed by atoms with van der Waals surface area (Å²) in [6.45, 7) is 5.02. The van der Waals surface area contributed by atoms with Gasteiger partial charge in [-0.15, -0.1) is 0 Å². The number of benzene rings is 1. The molecule has 18 heavy (non-hydrogen) atoms. The molecule has 0 aliphatic heterocycles. The molecule has 0 aromatic heterocycles. The number of para-hydroxylation sites is 1. The van der Waals surface area contributed by atoms with Gasteiger partial charge in [0.2, 0.25) is 0 Å². The predicted molar refractivity (Wildman–Crippen MR) is 75.7 cm³/mol. The van der Waals surface area contributed by atoms with Gasteiger partial charge in [0, 0.05) is 31.2 Å². The molecular weight excluding hydrogens is 226 g/mol. The van der Waals surface area contributed by atoms with Gasteiger partial charge in [-0.1, -0.05) is 31.5 Å². The van der Waals surface area contributed by atoms with Gasteiger partial charge in [0.05, 0.1) is 6.61 Å². The maximum Gasteiger partial charge on any atom is 0.124 e. The van der Waals surface area contributed by atoms with E-state index in [0.29, 0.717) is 13.1 Å². The first-order chi connectivity index (χ1) is 8.79. The number of nitrogens with one attached hydrogen (secondary N) is 1. The molecule has 0 radical (unpaired) electrons. The lowest BCUT2D eigenvalue weighted by Gasteiger charge is -2.17. The standard InChI is InChI=1S/C14H25N3O/c1-2-3-10-18-14-7-5-4-6-12(14)13(16)11-17-9-8-15/h4-7,13,17H,2-3,8-11,15-16H2,1H3. The fourth-order valence-electron chi connectivity index (χ4n) is 1.71. The molecule has 1 atom stereocenters. The van der Waals surface area contributed by atoms with Crippen molar-refractivity contribution in [3.05, 3.63) is 29.8 Å². The summed E-state index contributed by atoms with van der Waals surface area (Å²) < 4.78 is 5.77. The molecule has 0 amide bonds. The SMILES string of the molecule is CCCCOc1ccccc1C(N)CNCCN. The van der Waals surface area contributed by atoms with Crippen molar-refractivity contribution in [1.29, 1.82) is 0 Å². The fraction of sp³-hybridized carbons (Fsp3) is 0.571. The third kappa shape index (κ3) is 5.04. The van der Waals surface area contributed by atoms with Crippen molar-refractivity contribution in [2.45, 2.75) is 25.8 Å². The summed E-state index contributed by atoms with van der Waals surface area (Å²) in [5, 5.41) is 3.22. The second kappa shape index (κ2) is 8.91. The molecule has 5 N–H and O–H groups in total. The van der Waals surface area contributed by atoms with E-state index in [1.807, 2.05) is 24.3 Å². The van der Waals surface area contributed by atoms with E-state index in [1.165, 1.54) is 0 Å². The molecule has 102 valence electrons. The van der Waals surface area contributed by atoms with Crippen LogP contribution >= 0.6 is 0 Å². The van der Waals surface area contributed by atoms with E-state index < -0.39 is 0 Å². The first-order valence-electron chi connectivity index (χ1n) is 6.67. The van der Waals surface area contributed by atoms with Crippen molar-refractivity contribution in [1.82, 2.24) is 5.32 Å². The number of unbranched alkanes of at least 4 members (excludes halogenated alkanes) is 1. The van der Waals surface area contributed by atoms with E-state index in [9.17, 15) is 0 Å². The molecule has 0 aliphatic rings. The molecule has 4 nitrogen and oxygen atoms in total. The molecule has 1 rings (SSSR count). The Labute approximate surface area is 110 Å². The van der Waals surface area contributed by atoms with Gasteiger partial charge >= 0.3 is 0 Å². The molecule has 0 heterocycles. The van der Waals surface area contributed by atoms with E-state index >= 15 is 0 Å². The zero-order valence-electron chi connectivity index (χ0n) is 11.2. The predicted octanol–water partition coefficient (Wildman–Crippen LogP) is 1.41. The van der Waals surface area contributed by atoms with E-state index in [4.69, 9.17) is 16.2 Å². The van der Waals surface area contributed by atoms with Crippen LogP contribution in [0.15, 0.2) is 24.3 Å². The van der Waals surface area contributed by atoms with E-state index in [-0.39, 0.29) is 6.04 Å². The van der Waals surface area contributed by atoms with Crippen LogP contribution in [0, 0.1) is 0 Å². The first-order valence-corrected chi connectivity index (χ1v) is 6.67. The Morgan fingerprint density at radius 3 is 2.83 bits per heavy atom. The number of hydrogen-bond donors (Lipinski definition) is 3. The highest BCUT2D eigenvalue weighted by atomic mass is 16.5. The monoisotopic (exact) mass is 251 g/mol. The quantitative estimate of drug-likeness (QED) is 0.580. The highest BCUT2D eigenvalue weighted by Crippen LogP contribution is 2.23. The third-order valence-electron chi connectivity index (χ3n) is 2.76. The van der Waals surface area contributed by atoms with Gasteiger partial charge in [0.25, 0.3) is 0 Å². The van der Waals surface area contributed by atoms with Crippen LogP contribution in [0.2, 0.25) is 0 Å². The van der Waals surface area contributed by atoms with Crippen LogP contribution < -0.4 is 21.5 Å². The minimum Gasteiger partial charge on any atom is -0.493 e. The molecular formula is C14H25N3O. The van der Waals surface area contributed by atoms with Gasteiger partial charge < -0.3 is 21.5 Å². The Morgan fingerprint density at radius 2 is 2.11 bits per heavy atom. The molecule has 0 saturated heterocycles. The summed E-state index contributed by atoms with van der Waals surface area (Å²) in [6, 6.07) is 7.91. The first kappa shape index (κ1) is 15.0. The van der Waals surface area contributed by atoms with Crippen LogP contribution in [0.4, 0.5) is 0 Å². The van der Waals surface area contributed by atoms with Gasteiger partial charge in [-0.2, -0.15) is 0 Å². The minimum atomic E-state index is -0.0608. The lowest BCUT2D eigenvalue weighted by molar-refractivity contribution is 0.304. The van der Waals surface area contributed by atoms with Crippen LogP contribution in [0.3, 0.4) is 0 Å². The smallest absolute Gasteiger partial charge is 0.124 e. The van der Waals surface area contributed by atoms with Crippen molar-refractivity contribution in [3.63, 3.8) is 0 Å². The second-order valence-corrected chi connectivity index (χ2v) is 4.34. The number of hydrogen-bond acceptors (Lipinski definition) is 4. The zero-order valence-corrected chi connectivity index (χ0v) is 11.2. The second-order valence-electron chi connectivity index (χ2n) is 4.34. The van der Waals surface area contributed by atoms with Crippen LogP contribution in [0.1, 0.15) is 31.4 Å². The van der Waals surface area contributed by atoms with Crippen molar-refractivity contribution in [3.8, 4) is 5.75 Å². The average Bonchev–Trinajstić information content (AvgIpc) is 2.40. The Hall–Kier alpha value is -1.10. The van der Waals surface area contributed by atoms with Gasteiger partial charge in [-0.3, -0.25) is 0 Å². The summed E-state index contributed by atoms with van der Waals surface area (Å²) in [5.41, 5.74) is 12.6. The summed E-state index contributed by atoms with van der Waals surface area (Å²) in [5.74, 6) is 0.896. The van der Waals surface area contributed by atoms with E-state index in [1.54, 1.807) is 0 Å². The van der Waals surface area contributed by atoms with Crippen LogP contribution in [-0.4, -0.2) is 26.2 Å². The van der Waals surface area contributed by atoms with Crippen molar-refractivity contribution in [2.75, 3.05) is 26.2 Å². The highest BCUT2D eigenvalue weighted by molar-refractivity contribution is 5.35. The van der Waals surface area contributed by atoms with Crippen LogP contribution in [-0.2, 0) is 0 Å². The molecule has 0 saturated carbocycles. The maximum absolute atomic E-state index is 6.16. The maximum atomic E-state index is 6.16. The molecule has 4 heteroatoms. The summed E-state index contributed by atoms with van der Waals surface area (Å²) in [7, 11) is 0. The molecule has 1 unspecified atom stereocenters. The molecule has 0 aliphatic carbocycles. The normalized spacial score (nSPS) is 12.4. The molecule has 0 spiro atoms. The zero-order chi connectivity index (χ0) is 13.2. The lowest BCUT2D eigenvalue weighted by atomic mass is 10.1. The Balaban J connectivity index is 2.56. The molecule has 1 aromatic rings. The number of ether oxygens (including phenoxy) is 1. The third-order valence-corrected chi connectivity index (χ3v) is 2.76. The minimum absolute atomic E-state index is 0.0608. The van der Waals surface area contributed by atoms with Gasteiger partial charge in [-0.25, -0.2) is 0 Å². The summed E-state index contributed by atoms with van der Waals surface area (Å²) in [6.07, 6.45) is 2.20. The van der Waals surface area contributed by atoms with Gasteiger partial charge in [0.15, 0.2) is 0 Å². The largest absolute Gasteiger partial charge is 0.493 e. The highest BCUT2D eigenvalue weighted by Gasteiger charge is 2.11. The van der Waals surface area contributed by atoms with Gasteiger partial charge in [0.1, 0.15) is 5.75 Å². The number of nitrogens with two attached hydrogens (primary N) is 2. The van der Waals surface area contributed by atoms with Crippen LogP contribution in [0.5, 0.6) is 5.75 Å². The van der Waals surface area contributed by atoms with Crippen LogP contribution in [0.25, 0.3) is 0 Å². The average molecular weight is 251 g/mol. The Kier molecular flexibility index (Phi) is 7.41. The molecule has 0 bridgehead atoms. The lowest BCUT2D eigenvalue weighted by Crippen LogP contribution is -2.30. The fourth-order valence-corrected chi connectivity index (χ4v) is 1.71. The van der Waals surface area contributed by atoms with Crippen molar-refractivity contribution in [2.24, 2.45) is 11.5 Å². The Bertz CT molecular complexity index is 331. The summed E-state index contributed by atoms with van der Waals surface area (Å²) in [4.78, 5) is 0. The summed E-state index contributed by atoms with van der Waals surface area (Å²) >= 11 is 0. The van der Waals surface area contributed by atoms with Crippen molar-refractivity contribution < 1.29 is 4.74 Å². The Morgan fingerprint density at radius 1 is 1.33 bits per heavy atom.